The number of hydrogen-bond donors (Lipinski definition) is 0. The lowest BCUT2D eigenvalue weighted by Gasteiger charge is -2.45. The topological polar surface area (TPSA) is 79.5 Å². The van der Waals surface area contributed by atoms with E-state index < -0.39 is 17.2 Å². The Labute approximate surface area is 200 Å². The van der Waals surface area contributed by atoms with E-state index in [4.69, 9.17) is 9.97 Å². The number of benzene rings is 1. The molecule has 0 saturated heterocycles. The predicted octanol–water partition coefficient (Wildman–Crippen LogP) is 5.71. The Bertz CT molecular complexity index is 1410. The summed E-state index contributed by atoms with van der Waals surface area (Å²) in [4.78, 5) is 26.4. The third-order valence-corrected chi connectivity index (χ3v) is 7.24. The molecule has 3 atom stereocenters. The first-order chi connectivity index (χ1) is 16.6. The summed E-state index contributed by atoms with van der Waals surface area (Å²) in [6, 6.07) is 10.6. The first-order valence-corrected chi connectivity index (χ1v) is 11.3. The molecule has 2 aliphatic carbocycles. The van der Waals surface area contributed by atoms with Crippen molar-refractivity contribution in [2.45, 2.75) is 38.3 Å². The molecule has 8 heteroatoms. The van der Waals surface area contributed by atoms with Crippen LogP contribution in [-0.4, -0.2) is 20.7 Å². The van der Waals surface area contributed by atoms with Crippen molar-refractivity contribution in [3.8, 4) is 28.7 Å². The van der Waals surface area contributed by atoms with E-state index in [1.807, 2.05) is 19.9 Å². The van der Waals surface area contributed by atoms with Gasteiger partial charge in [-0.25, -0.2) is 9.97 Å². The zero-order valence-corrected chi connectivity index (χ0v) is 19.1. The van der Waals surface area contributed by atoms with Crippen LogP contribution in [0.15, 0.2) is 60.4 Å². The lowest BCUT2D eigenvalue weighted by molar-refractivity contribution is -0.137. The average Bonchev–Trinajstić information content (AvgIpc) is 2.86. The van der Waals surface area contributed by atoms with Gasteiger partial charge in [0.15, 0.2) is 11.6 Å². The van der Waals surface area contributed by atoms with Crippen LogP contribution in [0.2, 0.25) is 0 Å². The zero-order valence-electron chi connectivity index (χ0n) is 19.1. The van der Waals surface area contributed by atoms with E-state index in [0.29, 0.717) is 41.2 Å². The summed E-state index contributed by atoms with van der Waals surface area (Å²) in [5.74, 6) is -0.282. The molecular weight excluding hydrogens is 453 g/mol. The van der Waals surface area contributed by atoms with Gasteiger partial charge in [-0.15, -0.1) is 0 Å². The molecule has 0 saturated carbocycles. The van der Waals surface area contributed by atoms with Crippen LogP contribution in [0, 0.1) is 23.2 Å². The van der Waals surface area contributed by atoms with Crippen molar-refractivity contribution in [1.82, 2.24) is 15.0 Å². The summed E-state index contributed by atoms with van der Waals surface area (Å²) in [5, 5.41) is 9.62. The van der Waals surface area contributed by atoms with E-state index in [9.17, 15) is 23.2 Å². The maximum Gasteiger partial charge on any atom is 0.416 e. The number of alkyl halides is 3. The van der Waals surface area contributed by atoms with Gasteiger partial charge in [-0.3, -0.25) is 9.78 Å². The van der Waals surface area contributed by atoms with Crippen molar-refractivity contribution in [2.75, 3.05) is 0 Å². The van der Waals surface area contributed by atoms with Gasteiger partial charge in [0, 0.05) is 40.4 Å². The van der Waals surface area contributed by atoms with Gasteiger partial charge in [-0.05, 0) is 43.0 Å². The van der Waals surface area contributed by atoms with Crippen molar-refractivity contribution in [2.24, 2.45) is 11.8 Å². The maximum atomic E-state index is 13.5. The summed E-state index contributed by atoms with van der Waals surface area (Å²) in [5.41, 5.74) is 1.44. The Hall–Kier alpha value is -3.86. The highest BCUT2D eigenvalue weighted by molar-refractivity contribution is 6.02. The highest BCUT2D eigenvalue weighted by atomic mass is 19.4. The monoisotopic (exact) mass is 474 g/mol. The van der Waals surface area contributed by atoms with Crippen LogP contribution in [0.3, 0.4) is 0 Å². The van der Waals surface area contributed by atoms with E-state index >= 15 is 0 Å². The molecule has 2 aromatic heterocycles. The van der Waals surface area contributed by atoms with Gasteiger partial charge >= 0.3 is 6.18 Å². The van der Waals surface area contributed by atoms with Crippen LogP contribution < -0.4 is 0 Å². The zero-order chi connectivity index (χ0) is 25.0. The molecular formula is C27H21F3N4O. The number of carbonyl (C=O) groups is 1. The van der Waals surface area contributed by atoms with Crippen molar-refractivity contribution in [1.29, 1.82) is 5.26 Å². The smallest absolute Gasteiger partial charge is 0.293 e. The minimum absolute atomic E-state index is 0.0888. The number of Topliss-reactive ketones (excluding diaryl/α,β-unsaturated/α-hetero) is 1. The predicted molar refractivity (Wildman–Crippen MR) is 123 cm³/mol. The van der Waals surface area contributed by atoms with Crippen LogP contribution in [0.5, 0.6) is 0 Å². The lowest BCUT2D eigenvalue weighted by atomic mass is 9.57. The first-order valence-electron chi connectivity index (χ1n) is 11.3. The summed E-state index contributed by atoms with van der Waals surface area (Å²) in [6.07, 6.45) is 1.55. The highest BCUT2D eigenvalue weighted by Crippen LogP contribution is 2.51. The molecule has 0 bridgehead atoms. The standard InChI is InChI=1S/C27H21F3N4O/c1-15-21-7-6-20-22(17-4-3-5-19(12-17)27(28,29)30)33-25(16-8-10-32-11-9-16)34-24(20)26(21,2)13-18(14-31)23(15)35/h3-5,8-13,15,21H,6-7H2,1-2H3/t15-,21-,26-/m1/s1. The molecule has 0 amide bonds. The van der Waals surface area contributed by atoms with E-state index in [2.05, 4.69) is 4.98 Å². The van der Waals surface area contributed by atoms with Gasteiger partial charge in [-0.2, -0.15) is 18.4 Å². The van der Waals surface area contributed by atoms with Gasteiger partial charge in [0.1, 0.15) is 6.07 Å². The van der Waals surface area contributed by atoms with Crippen LogP contribution in [0.4, 0.5) is 13.2 Å². The minimum Gasteiger partial charge on any atom is -0.293 e. The fraction of sp³-hybridized carbons (Fsp3) is 0.296. The second-order valence-electron chi connectivity index (χ2n) is 9.29. The van der Waals surface area contributed by atoms with Crippen LogP contribution in [0.25, 0.3) is 22.6 Å². The molecule has 0 aliphatic heterocycles. The van der Waals surface area contributed by atoms with Crippen LogP contribution >= 0.6 is 0 Å². The second-order valence-corrected chi connectivity index (χ2v) is 9.29. The molecule has 176 valence electrons. The van der Waals surface area contributed by atoms with E-state index in [0.717, 1.165) is 17.7 Å². The number of carbonyl (C=O) groups excluding carboxylic acids is 1. The van der Waals surface area contributed by atoms with Crippen molar-refractivity contribution in [3.05, 3.63) is 77.3 Å². The number of halogens is 3. The number of nitriles is 1. The molecule has 3 aromatic rings. The van der Waals surface area contributed by atoms with Gasteiger partial charge in [0.05, 0.1) is 22.5 Å². The molecule has 0 radical (unpaired) electrons. The van der Waals surface area contributed by atoms with Crippen molar-refractivity contribution < 1.29 is 18.0 Å². The molecule has 35 heavy (non-hydrogen) atoms. The van der Waals surface area contributed by atoms with Crippen LogP contribution in [0.1, 0.15) is 37.1 Å². The molecule has 5 rings (SSSR count). The molecule has 0 fully saturated rings. The number of fused-ring (bicyclic) bond motifs is 3. The summed E-state index contributed by atoms with van der Waals surface area (Å²) in [7, 11) is 0. The molecule has 5 nitrogen and oxygen atoms in total. The molecule has 1 aromatic carbocycles. The molecule has 0 unspecified atom stereocenters. The summed E-state index contributed by atoms with van der Waals surface area (Å²) >= 11 is 0. The third kappa shape index (κ3) is 3.72. The maximum absolute atomic E-state index is 13.5. The Kier molecular flexibility index (Phi) is 5.32. The van der Waals surface area contributed by atoms with Crippen molar-refractivity contribution in [3.63, 3.8) is 0 Å². The Morgan fingerprint density at radius 2 is 1.86 bits per heavy atom. The lowest BCUT2D eigenvalue weighted by Crippen LogP contribution is -2.46. The number of aromatic nitrogens is 3. The molecule has 0 spiro atoms. The summed E-state index contributed by atoms with van der Waals surface area (Å²) in [6.45, 7) is 3.79. The number of allylic oxidation sites excluding steroid dienone is 2. The Morgan fingerprint density at radius 1 is 1.11 bits per heavy atom. The van der Waals surface area contributed by atoms with Crippen LogP contribution in [-0.2, 0) is 22.8 Å². The number of hydrogen-bond acceptors (Lipinski definition) is 5. The molecule has 2 heterocycles. The minimum atomic E-state index is -4.49. The fourth-order valence-electron chi connectivity index (χ4n) is 5.48. The number of nitrogens with zero attached hydrogens (tertiary/aromatic N) is 4. The molecule has 2 aliphatic rings. The van der Waals surface area contributed by atoms with Gasteiger partial charge < -0.3 is 0 Å². The Morgan fingerprint density at radius 3 is 2.54 bits per heavy atom. The van der Waals surface area contributed by atoms with E-state index in [1.54, 1.807) is 36.7 Å². The third-order valence-electron chi connectivity index (χ3n) is 7.24. The van der Waals surface area contributed by atoms with Gasteiger partial charge in [0.2, 0.25) is 0 Å². The van der Waals surface area contributed by atoms with Gasteiger partial charge in [0.25, 0.3) is 0 Å². The molecule has 0 N–H and O–H groups in total. The Balaban J connectivity index is 1.81. The number of pyridine rings is 1. The summed E-state index contributed by atoms with van der Waals surface area (Å²) < 4.78 is 40.5. The second kappa shape index (κ2) is 8.12. The SMILES string of the molecule is C[C@H]1C(=O)C(C#N)=C[C@@]2(C)c3nc(-c4ccncc4)nc(-c4cccc(C(F)(F)F)c4)c3CC[C@H]12. The highest BCUT2D eigenvalue weighted by Gasteiger charge is 2.49. The van der Waals surface area contributed by atoms with Crippen molar-refractivity contribution >= 4 is 5.78 Å². The largest absolute Gasteiger partial charge is 0.416 e. The normalized spacial score (nSPS) is 23.7. The number of ketones is 1. The quantitative estimate of drug-likeness (QED) is 0.475. The van der Waals surface area contributed by atoms with Gasteiger partial charge in [-0.1, -0.05) is 32.1 Å². The fourth-order valence-corrected chi connectivity index (χ4v) is 5.48. The average molecular weight is 474 g/mol. The van der Waals surface area contributed by atoms with E-state index in [1.165, 1.54) is 6.07 Å². The van der Waals surface area contributed by atoms with E-state index in [-0.39, 0.29) is 23.2 Å². The first kappa shape index (κ1) is 22.9. The number of rotatable bonds is 2.